The second-order valence-corrected chi connectivity index (χ2v) is 10.9. The van der Waals surface area contributed by atoms with Crippen molar-refractivity contribution in [2.45, 2.75) is 18.5 Å². The van der Waals surface area contributed by atoms with E-state index >= 15 is 0 Å². The number of pyridine rings is 1. The highest BCUT2D eigenvalue weighted by Gasteiger charge is 2.44. The van der Waals surface area contributed by atoms with Crippen LogP contribution in [0.4, 0.5) is 4.39 Å². The highest BCUT2D eigenvalue weighted by molar-refractivity contribution is 5.88. The molecule has 44 heavy (non-hydrogen) atoms. The molecule has 2 aromatic heterocycles. The van der Waals surface area contributed by atoms with Crippen molar-refractivity contribution in [3.63, 3.8) is 0 Å². The van der Waals surface area contributed by atoms with Crippen molar-refractivity contribution in [3.8, 4) is 11.3 Å². The van der Waals surface area contributed by atoms with Gasteiger partial charge in [-0.25, -0.2) is 19.6 Å². The number of aromatic carboxylic acids is 1. The number of aromatic nitrogens is 2. The van der Waals surface area contributed by atoms with E-state index in [0.29, 0.717) is 16.9 Å². The number of fused-ring (bicyclic) bond motifs is 1. The molecule has 1 unspecified atom stereocenters. The summed E-state index contributed by atoms with van der Waals surface area (Å²) in [5, 5.41) is 11.5. The lowest BCUT2D eigenvalue weighted by atomic mass is 9.76. The molecule has 6 aromatic rings. The number of carbonyl (C=O) groups is 1. The zero-order valence-corrected chi connectivity index (χ0v) is 23.9. The molecule has 216 valence electrons. The minimum Gasteiger partial charge on any atom is -0.478 e. The van der Waals surface area contributed by atoms with Crippen LogP contribution in [0, 0.1) is 5.82 Å². The maximum atomic E-state index is 14.6. The van der Waals surface area contributed by atoms with Gasteiger partial charge in [0.25, 0.3) is 0 Å². The molecular weight excluding hydrogens is 551 g/mol. The Labute approximate surface area is 254 Å². The number of halogens is 1. The fourth-order valence-electron chi connectivity index (χ4n) is 6.25. The largest absolute Gasteiger partial charge is 0.478 e. The lowest BCUT2D eigenvalue weighted by Crippen LogP contribution is -2.51. The van der Waals surface area contributed by atoms with Crippen LogP contribution in [-0.2, 0) is 5.54 Å². The maximum Gasteiger partial charge on any atom is 0.338 e. The molecule has 4 aromatic carbocycles. The lowest BCUT2D eigenvalue weighted by Gasteiger charge is -2.44. The molecule has 3 heterocycles. The topological polar surface area (TPSA) is 69.9 Å². The number of hydrogen-bond donors (Lipinski definition) is 2. The number of hydrazine groups is 1. The van der Waals surface area contributed by atoms with Gasteiger partial charge in [0.2, 0.25) is 0 Å². The third kappa shape index (κ3) is 4.46. The van der Waals surface area contributed by atoms with Crippen LogP contribution in [0.5, 0.6) is 0 Å². The Hall–Kier alpha value is -5.53. The van der Waals surface area contributed by atoms with E-state index in [4.69, 9.17) is 0 Å². The van der Waals surface area contributed by atoms with E-state index in [1.54, 1.807) is 12.3 Å². The van der Waals surface area contributed by atoms with Gasteiger partial charge in [0.15, 0.2) is 0 Å². The normalized spacial score (nSPS) is 15.0. The monoisotopic (exact) mass is 580 g/mol. The van der Waals surface area contributed by atoms with Gasteiger partial charge >= 0.3 is 5.97 Å². The number of carboxylic acid groups (broad SMARTS) is 1. The van der Waals surface area contributed by atoms with Crippen LogP contribution in [0.15, 0.2) is 140 Å². The minimum absolute atomic E-state index is 0.0396. The van der Waals surface area contributed by atoms with Crippen LogP contribution < -0.4 is 5.43 Å². The summed E-state index contributed by atoms with van der Waals surface area (Å²) in [5.41, 5.74) is 10.0. The van der Waals surface area contributed by atoms with Crippen LogP contribution in [0.2, 0.25) is 0 Å². The summed E-state index contributed by atoms with van der Waals surface area (Å²) in [7, 11) is 0. The molecule has 0 amide bonds. The molecule has 6 nitrogen and oxygen atoms in total. The first-order chi connectivity index (χ1) is 21.5. The van der Waals surface area contributed by atoms with E-state index in [1.165, 1.54) is 12.1 Å². The Bertz CT molecular complexity index is 1910. The number of hydrogen-bond acceptors (Lipinski definition) is 4. The third-order valence-corrected chi connectivity index (χ3v) is 8.34. The van der Waals surface area contributed by atoms with Gasteiger partial charge in [-0.1, -0.05) is 97.1 Å². The Balaban J connectivity index is 1.38. The summed E-state index contributed by atoms with van der Waals surface area (Å²) < 4.78 is 16.5. The van der Waals surface area contributed by atoms with Crippen molar-refractivity contribution in [1.29, 1.82) is 0 Å². The van der Waals surface area contributed by atoms with Crippen molar-refractivity contribution in [2.24, 2.45) is 0 Å². The number of rotatable bonds is 7. The fourth-order valence-corrected chi connectivity index (χ4v) is 6.25. The standard InChI is InChI=1S/C37H29FN4O2/c1-25-32(27-18-20-35-39-22-34(41(35)23-27)26-17-19-31(36(43)44)33(38)21-26)24-42(40-25)37(28-11-5-2-6-12-28,29-13-7-3-8-14-29)30-15-9-4-10-16-30/h2-25,40H,1H3,(H,43,44). The van der Waals surface area contributed by atoms with E-state index in [2.05, 4.69) is 101 Å². The molecule has 1 aliphatic rings. The summed E-state index contributed by atoms with van der Waals surface area (Å²) in [6.45, 7) is 2.14. The van der Waals surface area contributed by atoms with E-state index < -0.39 is 17.3 Å². The van der Waals surface area contributed by atoms with E-state index in [-0.39, 0.29) is 11.6 Å². The average molecular weight is 581 g/mol. The summed E-state index contributed by atoms with van der Waals surface area (Å²) >= 11 is 0. The van der Waals surface area contributed by atoms with E-state index in [9.17, 15) is 14.3 Å². The molecule has 0 bridgehead atoms. The summed E-state index contributed by atoms with van der Waals surface area (Å²) in [5.74, 6) is -2.08. The molecule has 0 fully saturated rings. The molecule has 0 radical (unpaired) electrons. The van der Waals surface area contributed by atoms with Crippen LogP contribution in [0.3, 0.4) is 0 Å². The zero-order chi connectivity index (χ0) is 30.3. The lowest BCUT2D eigenvalue weighted by molar-refractivity contribution is 0.0692. The van der Waals surface area contributed by atoms with Crippen molar-refractivity contribution in [2.75, 3.05) is 0 Å². The highest BCUT2D eigenvalue weighted by Crippen LogP contribution is 2.44. The van der Waals surface area contributed by atoms with Gasteiger partial charge in [-0.05, 0) is 59.0 Å². The van der Waals surface area contributed by atoms with Gasteiger partial charge in [-0.3, -0.25) is 9.41 Å². The van der Waals surface area contributed by atoms with Gasteiger partial charge in [0, 0.05) is 18.0 Å². The van der Waals surface area contributed by atoms with Crippen LogP contribution >= 0.6 is 0 Å². The van der Waals surface area contributed by atoms with Crippen LogP contribution in [0.25, 0.3) is 22.5 Å². The Morgan fingerprint density at radius 1 is 0.818 bits per heavy atom. The number of imidazole rings is 1. The second-order valence-electron chi connectivity index (χ2n) is 10.9. The first-order valence-electron chi connectivity index (χ1n) is 14.4. The maximum absolute atomic E-state index is 14.6. The average Bonchev–Trinajstić information content (AvgIpc) is 3.66. The molecule has 0 spiro atoms. The van der Waals surface area contributed by atoms with E-state index in [1.807, 2.05) is 40.9 Å². The first-order valence-corrected chi connectivity index (χ1v) is 14.4. The van der Waals surface area contributed by atoms with Crippen LogP contribution in [0.1, 0.15) is 39.5 Å². The predicted molar refractivity (Wildman–Crippen MR) is 169 cm³/mol. The van der Waals surface area contributed by atoms with Crippen molar-refractivity contribution in [3.05, 3.63) is 174 Å². The molecule has 7 rings (SSSR count). The van der Waals surface area contributed by atoms with Crippen molar-refractivity contribution in [1.82, 2.24) is 19.8 Å². The van der Waals surface area contributed by atoms with Crippen molar-refractivity contribution >= 4 is 17.2 Å². The molecule has 1 aliphatic heterocycles. The van der Waals surface area contributed by atoms with Crippen LogP contribution in [-0.4, -0.2) is 31.5 Å². The first kappa shape index (κ1) is 27.3. The Morgan fingerprint density at radius 3 is 1.93 bits per heavy atom. The Morgan fingerprint density at radius 2 is 1.39 bits per heavy atom. The van der Waals surface area contributed by atoms with Gasteiger partial charge in [0.1, 0.15) is 17.0 Å². The fraction of sp³-hybridized carbons (Fsp3) is 0.0811. The molecule has 0 saturated carbocycles. The molecule has 0 saturated heterocycles. The predicted octanol–water partition coefficient (Wildman–Crippen LogP) is 7.38. The smallest absolute Gasteiger partial charge is 0.338 e. The summed E-state index contributed by atoms with van der Waals surface area (Å²) in [6.07, 6.45) is 5.86. The summed E-state index contributed by atoms with van der Waals surface area (Å²) in [4.78, 5) is 15.9. The summed E-state index contributed by atoms with van der Waals surface area (Å²) in [6, 6.07) is 39.6. The second kappa shape index (κ2) is 10.9. The number of nitrogens with zero attached hydrogens (tertiary/aromatic N) is 3. The van der Waals surface area contributed by atoms with Gasteiger partial charge < -0.3 is 5.11 Å². The number of nitrogens with one attached hydrogen (secondary N) is 1. The number of carboxylic acids is 1. The zero-order valence-electron chi connectivity index (χ0n) is 23.9. The molecule has 0 aliphatic carbocycles. The SMILES string of the molecule is CC1NN(C(c2ccccc2)(c2ccccc2)c2ccccc2)C=C1c1ccc2ncc(-c3ccc(C(=O)O)c(F)c3)n2c1. The highest BCUT2D eigenvalue weighted by atomic mass is 19.1. The molecule has 1 atom stereocenters. The van der Waals surface area contributed by atoms with E-state index in [0.717, 1.165) is 27.8 Å². The molecular formula is C37H29FN4O2. The molecule has 2 N–H and O–H groups in total. The quantitative estimate of drug-likeness (QED) is 0.193. The minimum atomic E-state index is -1.30. The van der Waals surface area contributed by atoms with Gasteiger partial charge in [-0.2, -0.15) is 0 Å². The van der Waals surface area contributed by atoms with Crippen molar-refractivity contribution < 1.29 is 14.3 Å². The van der Waals surface area contributed by atoms with Gasteiger partial charge in [-0.15, -0.1) is 0 Å². The number of benzene rings is 4. The van der Waals surface area contributed by atoms with Gasteiger partial charge in [0.05, 0.1) is 23.5 Å². The third-order valence-electron chi connectivity index (χ3n) is 8.34. The Kier molecular flexibility index (Phi) is 6.80. The molecule has 7 heteroatoms.